The average molecular weight is 280 g/mol. The zero-order chi connectivity index (χ0) is 13.8. The third-order valence-electron chi connectivity index (χ3n) is 2.91. The van der Waals surface area contributed by atoms with Gasteiger partial charge in [0, 0.05) is 17.1 Å². The first kappa shape index (κ1) is 13.8. The third-order valence-corrected chi connectivity index (χ3v) is 3.27. The molecule has 4 heteroatoms. The molecule has 2 aromatic carbocycles. The molecule has 0 radical (unpaired) electrons. The highest BCUT2D eigenvalue weighted by Crippen LogP contribution is 2.29. The van der Waals surface area contributed by atoms with Gasteiger partial charge in [-0.25, -0.2) is 4.39 Å². The second-order valence-corrected chi connectivity index (χ2v) is 4.54. The molecule has 0 saturated carbocycles. The van der Waals surface area contributed by atoms with Crippen LogP contribution in [0.5, 0.6) is 11.5 Å². The number of benzene rings is 2. The number of ether oxygens (including phenoxy) is 1. The van der Waals surface area contributed by atoms with Gasteiger partial charge >= 0.3 is 0 Å². The van der Waals surface area contributed by atoms with Crippen LogP contribution in [0, 0.1) is 5.82 Å². The zero-order valence-electron chi connectivity index (χ0n) is 10.6. The summed E-state index contributed by atoms with van der Waals surface area (Å²) in [5.74, 6) is 0.707. The summed E-state index contributed by atoms with van der Waals surface area (Å²) in [5.41, 5.74) is 6.91. The Morgan fingerprint density at radius 1 is 1.26 bits per heavy atom. The minimum absolute atomic E-state index is 0.0935. The van der Waals surface area contributed by atoms with E-state index in [1.807, 2.05) is 13.0 Å². The molecular weight excluding hydrogens is 265 g/mol. The number of hydrogen-bond acceptors (Lipinski definition) is 2. The SMILES string of the molecule is CCc1cc(Oc2cccc(F)c2CN)ccc1Cl. The number of hydrogen-bond donors (Lipinski definition) is 1. The van der Waals surface area contributed by atoms with Gasteiger partial charge in [0.2, 0.25) is 0 Å². The Bertz CT molecular complexity index is 586. The van der Waals surface area contributed by atoms with Gasteiger partial charge in [0.25, 0.3) is 0 Å². The van der Waals surface area contributed by atoms with Crippen LogP contribution in [0.25, 0.3) is 0 Å². The summed E-state index contributed by atoms with van der Waals surface area (Å²) in [6.45, 7) is 2.11. The van der Waals surface area contributed by atoms with Gasteiger partial charge in [-0.3, -0.25) is 0 Å². The van der Waals surface area contributed by atoms with Crippen LogP contribution in [0.1, 0.15) is 18.1 Å². The molecule has 0 spiro atoms. The van der Waals surface area contributed by atoms with E-state index in [1.54, 1.807) is 24.3 Å². The van der Waals surface area contributed by atoms with Crippen molar-refractivity contribution >= 4 is 11.6 Å². The molecule has 0 aliphatic rings. The topological polar surface area (TPSA) is 35.2 Å². The summed E-state index contributed by atoms with van der Waals surface area (Å²) < 4.78 is 19.3. The molecule has 0 saturated heterocycles. The van der Waals surface area contributed by atoms with Crippen LogP contribution in [0.2, 0.25) is 5.02 Å². The first-order chi connectivity index (χ1) is 9.15. The summed E-state index contributed by atoms with van der Waals surface area (Å²) in [6.07, 6.45) is 0.808. The van der Waals surface area contributed by atoms with Crippen LogP contribution < -0.4 is 10.5 Å². The van der Waals surface area contributed by atoms with E-state index in [1.165, 1.54) is 6.07 Å². The Morgan fingerprint density at radius 3 is 2.74 bits per heavy atom. The molecule has 2 rings (SSSR count). The summed E-state index contributed by atoms with van der Waals surface area (Å²) in [7, 11) is 0. The molecule has 0 fully saturated rings. The highest BCUT2D eigenvalue weighted by Gasteiger charge is 2.09. The van der Waals surface area contributed by atoms with Gasteiger partial charge in [0.05, 0.1) is 0 Å². The normalized spacial score (nSPS) is 10.5. The van der Waals surface area contributed by atoms with E-state index in [0.29, 0.717) is 22.1 Å². The number of aryl methyl sites for hydroxylation is 1. The van der Waals surface area contributed by atoms with Crippen molar-refractivity contribution in [3.8, 4) is 11.5 Å². The minimum atomic E-state index is -0.357. The molecule has 19 heavy (non-hydrogen) atoms. The quantitative estimate of drug-likeness (QED) is 0.906. The van der Waals surface area contributed by atoms with Gasteiger partial charge in [0.1, 0.15) is 17.3 Å². The Hall–Kier alpha value is -1.58. The van der Waals surface area contributed by atoms with E-state index in [4.69, 9.17) is 22.1 Å². The van der Waals surface area contributed by atoms with E-state index in [0.717, 1.165) is 12.0 Å². The Kier molecular flexibility index (Phi) is 4.40. The molecule has 0 heterocycles. The molecule has 0 unspecified atom stereocenters. The molecule has 0 aromatic heterocycles. The lowest BCUT2D eigenvalue weighted by molar-refractivity contribution is 0.467. The van der Waals surface area contributed by atoms with Crippen molar-refractivity contribution < 1.29 is 9.13 Å². The van der Waals surface area contributed by atoms with E-state index >= 15 is 0 Å². The van der Waals surface area contributed by atoms with Gasteiger partial charge in [0.15, 0.2) is 0 Å². The van der Waals surface area contributed by atoms with Crippen LogP contribution in [-0.4, -0.2) is 0 Å². The second kappa shape index (κ2) is 6.04. The fraction of sp³-hybridized carbons (Fsp3) is 0.200. The molecule has 2 nitrogen and oxygen atoms in total. The molecule has 2 N–H and O–H groups in total. The van der Waals surface area contributed by atoms with E-state index in [2.05, 4.69) is 0 Å². The molecule has 0 aliphatic carbocycles. The summed E-state index contributed by atoms with van der Waals surface area (Å²) in [4.78, 5) is 0. The van der Waals surface area contributed by atoms with E-state index < -0.39 is 0 Å². The Labute approximate surface area is 117 Å². The van der Waals surface area contributed by atoms with Crippen molar-refractivity contribution in [1.82, 2.24) is 0 Å². The predicted octanol–water partition coefficient (Wildman–Crippen LogP) is 4.29. The van der Waals surface area contributed by atoms with Crippen molar-refractivity contribution in [3.05, 3.63) is 58.4 Å². The van der Waals surface area contributed by atoms with E-state index in [9.17, 15) is 4.39 Å². The smallest absolute Gasteiger partial charge is 0.134 e. The standard InChI is InChI=1S/C15H15ClFNO/c1-2-10-8-11(6-7-13(10)16)19-15-5-3-4-14(17)12(15)9-18/h3-8H,2,9,18H2,1H3. The van der Waals surface area contributed by atoms with Crippen molar-refractivity contribution in [3.63, 3.8) is 0 Å². The van der Waals surface area contributed by atoms with Gasteiger partial charge in [-0.15, -0.1) is 0 Å². The van der Waals surface area contributed by atoms with Gasteiger partial charge < -0.3 is 10.5 Å². The van der Waals surface area contributed by atoms with Gasteiger partial charge in [-0.1, -0.05) is 24.6 Å². The third kappa shape index (κ3) is 3.06. The van der Waals surface area contributed by atoms with Gasteiger partial charge in [-0.05, 0) is 42.3 Å². The molecule has 0 bridgehead atoms. The lowest BCUT2D eigenvalue weighted by Crippen LogP contribution is -2.02. The van der Waals surface area contributed by atoms with Crippen molar-refractivity contribution in [2.45, 2.75) is 19.9 Å². The second-order valence-electron chi connectivity index (χ2n) is 4.13. The van der Waals surface area contributed by atoms with E-state index in [-0.39, 0.29) is 12.4 Å². The monoisotopic (exact) mass is 279 g/mol. The van der Waals surface area contributed by atoms with Crippen LogP contribution in [0.3, 0.4) is 0 Å². The lowest BCUT2D eigenvalue weighted by atomic mass is 10.1. The Morgan fingerprint density at radius 2 is 2.05 bits per heavy atom. The fourth-order valence-corrected chi connectivity index (χ4v) is 2.10. The number of halogens is 2. The lowest BCUT2D eigenvalue weighted by Gasteiger charge is -2.12. The van der Waals surface area contributed by atoms with Crippen molar-refractivity contribution in [2.24, 2.45) is 5.73 Å². The molecule has 0 amide bonds. The first-order valence-electron chi connectivity index (χ1n) is 6.09. The maximum atomic E-state index is 13.6. The molecule has 0 atom stereocenters. The van der Waals surface area contributed by atoms with Crippen LogP contribution >= 0.6 is 11.6 Å². The summed E-state index contributed by atoms with van der Waals surface area (Å²) in [5, 5.41) is 0.702. The maximum absolute atomic E-state index is 13.6. The number of rotatable bonds is 4. The zero-order valence-corrected chi connectivity index (χ0v) is 11.4. The molecular formula is C15H15ClFNO. The summed E-state index contributed by atoms with van der Waals surface area (Å²) in [6, 6.07) is 10.1. The fourth-order valence-electron chi connectivity index (χ4n) is 1.85. The molecule has 0 aliphatic heterocycles. The largest absolute Gasteiger partial charge is 0.457 e. The van der Waals surface area contributed by atoms with Crippen LogP contribution in [-0.2, 0) is 13.0 Å². The van der Waals surface area contributed by atoms with Crippen molar-refractivity contribution in [2.75, 3.05) is 0 Å². The minimum Gasteiger partial charge on any atom is -0.457 e. The molecule has 2 aromatic rings. The average Bonchev–Trinajstić information content (AvgIpc) is 2.41. The van der Waals surface area contributed by atoms with Crippen LogP contribution in [0.15, 0.2) is 36.4 Å². The van der Waals surface area contributed by atoms with Crippen molar-refractivity contribution in [1.29, 1.82) is 0 Å². The summed E-state index contributed by atoms with van der Waals surface area (Å²) >= 11 is 6.05. The highest BCUT2D eigenvalue weighted by molar-refractivity contribution is 6.31. The number of nitrogens with two attached hydrogens (primary N) is 1. The van der Waals surface area contributed by atoms with Crippen LogP contribution in [0.4, 0.5) is 4.39 Å². The molecule has 100 valence electrons. The highest BCUT2D eigenvalue weighted by atomic mass is 35.5. The first-order valence-corrected chi connectivity index (χ1v) is 6.47. The predicted molar refractivity (Wildman–Crippen MR) is 75.2 cm³/mol. The van der Waals surface area contributed by atoms with Gasteiger partial charge in [-0.2, -0.15) is 0 Å². The maximum Gasteiger partial charge on any atom is 0.134 e. The Balaban J connectivity index is 2.33.